The number of carbonyl (C=O) groups excluding carboxylic acids is 1. The Morgan fingerprint density at radius 2 is 1.85 bits per heavy atom. The number of nitrogens with one attached hydrogen (secondary N) is 2. The van der Waals surface area contributed by atoms with E-state index in [0.717, 1.165) is 4.31 Å². The highest BCUT2D eigenvalue weighted by molar-refractivity contribution is 7.89. The van der Waals surface area contributed by atoms with Crippen molar-refractivity contribution in [1.29, 1.82) is 0 Å². The quantitative estimate of drug-likeness (QED) is 0.394. The molecule has 1 aliphatic rings. The van der Waals surface area contributed by atoms with Crippen molar-refractivity contribution in [3.05, 3.63) is 46.9 Å². The number of aromatic nitrogens is 3. The van der Waals surface area contributed by atoms with Crippen molar-refractivity contribution in [2.24, 2.45) is 4.99 Å². The number of amides is 1. The normalized spacial score (nSPS) is 15.8. The average molecular weight is 572 g/mol. The van der Waals surface area contributed by atoms with Gasteiger partial charge >= 0.3 is 6.09 Å². The van der Waals surface area contributed by atoms with E-state index in [4.69, 9.17) is 9.84 Å². The Morgan fingerprint density at radius 3 is 2.42 bits per heavy atom. The van der Waals surface area contributed by atoms with Gasteiger partial charge in [0.25, 0.3) is 5.56 Å². The van der Waals surface area contributed by atoms with Crippen molar-refractivity contribution in [3.8, 4) is 0 Å². The Kier molecular flexibility index (Phi) is 8.08. The number of piperidine rings is 1. The number of rotatable bonds is 8. The molecule has 3 aromatic rings. The largest absolute Gasteiger partial charge is 0.444 e. The number of hydrogen-bond acceptors (Lipinski definition) is 8. The van der Waals surface area contributed by atoms with Crippen LogP contribution in [0.2, 0.25) is 0 Å². The number of carbonyl (C=O) groups is 1. The second-order valence-electron chi connectivity index (χ2n) is 11.2. The highest BCUT2D eigenvalue weighted by atomic mass is 32.2. The fourth-order valence-electron chi connectivity index (χ4n) is 4.87. The van der Waals surface area contributed by atoms with Gasteiger partial charge in [-0.1, -0.05) is 0 Å². The number of nitrogens with zero attached hydrogens (tertiary/aromatic N) is 5. The van der Waals surface area contributed by atoms with Gasteiger partial charge in [-0.25, -0.2) is 17.5 Å². The monoisotopic (exact) mass is 571 g/mol. The molecule has 216 valence electrons. The Bertz CT molecular complexity index is 1540. The van der Waals surface area contributed by atoms with Crippen molar-refractivity contribution < 1.29 is 17.9 Å². The van der Waals surface area contributed by atoms with Crippen LogP contribution in [-0.2, 0) is 20.3 Å². The van der Waals surface area contributed by atoms with Crippen LogP contribution < -0.4 is 10.9 Å². The third-order valence-corrected chi connectivity index (χ3v) is 8.86. The van der Waals surface area contributed by atoms with Gasteiger partial charge in [0.15, 0.2) is 5.82 Å². The first-order valence-electron chi connectivity index (χ1n) is 13.1. The lowest BCUT2D eigenvalue weighted by Crippen LogP contribution is -2.50. The zero-order valence-corrected chi connectivity index (χ0v) is 24.4. The van der Waals surface area contributed by atoms with Gasteiger partial charge in [0, 0.05) is 45.6 Å². The van der Waals surface area contributed by atoms with Gasteiger partial charge in [0.05, 0.1) is 16.0 Å². The first-order chi connectivity index (χ1) is 18.8. The summed E-state index contributed by atoms with van der Waals surface area (Å²) in [7, 11) is -0.627. The molecular formula is C27H37N7O5S. The summed E-state index contributed by atoms with van der Waals surface area (Å²) >= 11 is 0. The highest BCUT2D eigenvalue weighted by Crippen LogP contribution is 2.38. The van der Waals surface area contributed by atoms with E-state index in [2.05, 4.69) is 22.0 Å². The number of fused-ring (bicyclic) bond motifs is 1. The fourth-order valence-corrected chi connectivity index (χ4v) is 5.77. The van der Waals surface area contributed by atoms with Gasteiger partial charge in [-0.3, -0.25) is 9.48 Å². The number of pyridine rings is 1. The topological polar surface area (TPSA) is 142 Å². The molecule has 2 N–H and O–H groups in total. The van der Waals surface area contributed by atoms with Crippen molar-refractivity contribution in [3.63, 3.8) is 0 Å². The van der Waals surface area contributed by atoms with Crippen LogP contribution in [0.25, 0.3) is 10.9 Å². The number of anilines is 2. The lowest BCUT2D eigenvalue weighted by molar-refractivity contribution is 0.00984. The highest BCUT2D eigenvalue weighted by Gasteiger charge is 2.40. The van der Waals surface area contributed by atoms with E-state index in [1.165, 1.54) is 26.2 Å². The van der Waals surface area contributed by atoms with Crippen LogP contribution in [0.4, 0.5) is 16.3 Å². The van der Waals surface area contributed by atoms with Crippen LogP contribution in [-0.4, -0.2) is 84.5 Å². The summed E-state index contributed by atoms with van der Waals surface area (Å²) in [5.41, 5.74) is -0.189. The molecule has 4 rings (SSSR count). The molecule has 0 atom stereocenters. The van der Waals surface area contributed by atoms with E-state index in [9.17, 15) is 18.0 Å². The van der Waals surface area contributed by atoms with Crippen LogP contribution in [0.5, 0.6) is 0 Å². The molecular weight excluding hydrogens is 534 g/mol. The Morgan fingerprint density at radius 1 is 1.20 bits per heavy atom. The lowest BCUT2D eigenvalue weighted by Gasteiger charge is -2.42. The van der Waals surface area contributed by atoms with Crippen LogP contribution in [0, 0.1) is 0 Å². The van der Waals surface area contributed by atoms with E-state index in [0.29, 0.717) is 61.3 Å². The fraction of sp³-hybridized carbons (Fsp3) is 0.481. The van der Waals surface area contributed by atoms with E-state index in [1.807, 2.05) is 31.5 Å². The summed E-state index contributed by atoms with van der Waals surface area (Å²) in [5, 5.41) is 8.47. The third-order valence-electron chi connectivity index (χ3n) is 7.03. The van der Waals surface area contributed by atoms with Crippen molar-refractivity contribution in [1.82, 2.24) is 24.0 Å². The molecule has 1 saturated heterocycles. The molecule has 3 heterocycles. The Balaban J connectivity index is 1.70. The maximum atomic E-state index is 13.0. The maximum Gasteiger partial charge on any atom is 0.410 e. The molecule has 1 fully saturated rings. The van der Waals surface area contributed by atoms with E-state index >= 15 is 0 Å². The Hall–Kier alpha value is -3.71. The number of aromatic amines is 1. The van der Waals surface area contributed by atoms with Crippen LogP contribution in [0.15, 0.2) is 51.2 Å². The molecule has 0 unspecified atom stereocenters. The summed E-state index contributed by atoms with van der Waals surface area (Å²) in [6.07, 6.45) is 3.03. The van der Waals surface area contributed by atoms with Gasteiger partial charge in [-0.05, 0) is 77.1 Å². The van der Waals surface area contributed by atoms with Gasteiger partial charge in [-0.2, -0.15) is 5.10 Å². The molecule has 0 radical (unpaired) electrons. The molecule has 13 heteroatoms. The average Bonchev–Trinajstić information content (AvgIpc) is 3.27. The maximum absolute atomic E-state index is 13.0. The minimum atomic E-state index is -3.58. The summed E-state index contributed by atoms with van der Waals surface area (Å²) in [4.78, 5) is 34.4. The summed E-state index contributed by atoms with van der Waals surface area (Å²) in [6.45, 7) is 10.6. The number of benzene rings is 1. The predicted molar refractivity (Wildman–Crippen MR) is 155 cm³/mol. The first-order valence-corrected chi connectivity index (χ1v) is 14.5. The molecule has 1 amide bonds. The minimum Gasteiger partial charge on any atom is -0.444 e. The zero-order chi connectivity index (χ0) is 29.3. The number of aliphatic imine (C=N–C) groups is 1. The van der Waals surface area contributed by atoms with Crippen LogP contribution >= 0.6 is 0 Å². The number of ether oxygens (including phenoxy) is 1. The number of hydrogen-bond donors (Lipinski definition) is 2. The second kappa shape index (κ2) is 11.0. The molecule has 12 nitrogen and oxygen atoms in total. The number of H-pyrrole nitrogens is 1. The number of likely N-dealkylation sites (tertiary alicyclic amines) is 1. The second-order valence-corrected chi connectivity index (χ2v) is 13.3. The molecule has 0 spiro atoms. The van der Waals surface area contributed by atoms with Crippen molar-refractivity contribution in [2.75, 3.05) is 39.0 Å². The molecule has 1 aromatic carbocycles. The standard InChI is InChI=1S/C27H37N7O5S/c1-26(2,3)39-25(36)33-17-13-27(14-18-33,12-16-28-4)34-21-11-15-29-24(35)22(21)23(31-34)30-19-7-9-20(10-8-19)40(37,38)32(5)6/h7-11,15H,4,12-14,16-18H2,1-3,5-6H3,(H,29,35)(H,30,31). The summed E-state index contributed by atoms with van der Waals surface area (Å²) in [6, 6.07) is 8.09. The summed E-state index contributed by atoms with van der Waals surface area (Å²) in [5.74, 6) is 0.348. The Labute approximate surface area is 234 Å². The number of sulfonamides is 1. The lowest BCUT2D eigenvalue weighted by atomic mass is 9.84. The molecule has 2 aromatic heterocycles. The van der Waals surface area contributed by atoms with Gasteiger partial charge in [-0.15, -0.1) is 0 Å². The van der Waals surface area contributed by atoms with Gasteiger partial charge < -0.3 is 24.9 Å². The summed E-state index contributed by atoms with van der Waals surface area (Å²) < 4.78 is 33.5. The SMILES string of the molecule is C=NCCC1(n2nc(Nc3ccc(S(=O)(=O)N(C)C)cc3)c3c(=O)[nH]ccc32)CCN(C(=O)OC(C)(C)C)CC1. The third kappa shape index (κ3) is 5.89. The van der Waals surface area contributed by atoms with Crippen LogP contribution in [0.1, 0.15) is 40.0 Å². The zero-order valence-electron chi connectivity index (χ0n) is 23.6. The van der Waals surface area contributed by atoms with E-state index < -0.39 is 21.2 Å². The van der Waals surface area contributed by atoms with E-state index in [1.54, 1.807) is 23.2 Å². The van der Waals surface area contributed by atoms with Gasteiger partial charge in [0.1, 0.15) is 11.0 Å². The smallest absolute Gasteiger partial charge is 0.410 e. The predicted octanol–water partition coefficient (Wildman–Crippen LogP) is 3.54. The molecule has 40 heavy (non-hydrogen) atoms. The first kappa shape index (κ1) is 29.3. The molecule has 1 aliphatic heterocycles. The van der Waals surface area contributed by atoms with Crippen LogP contribution in [0.3, 0.4) is 0 Å². The van der Waals surface area contributed by atoms with Crippen molar-refractivity contribution in [2.45, 2.75) is 56.1 Å². The minimum absolute atomic E-state index is 0.156. The molecule has 0 saturated carbocycles. The van der Waals surface area contributed by atoms with Crippen molar-refractivity contribution >= 4 is 45.2 Å². The van der Waals surface area contributed by atoms with E-state index in [-0.39, 0.29) is 16.5 Å². The molecule has 0 bridgehead atoms. The van der Waals surface area contributed by atoms with Gasteiger partial charge in [0.2, 0.25) is 10.0 Å². The molecule has 0 aliphatic carbocycles.